The molecule has 0 atom stereocenters. The summed E-state index contributed by atoms with van der Waals surface area (Å²) in [6.07, 6.45) is 15.3. The number of carbonyl (C=O) groups is 2. The van der Waals surface area contributed by atoms with E-state index in [9.17, 15) is 9.59 Å². The first-order chi connectivity index (χ1) is 19.6. The first-order valence-corrected chi connectivity index (χ1v) is 15.2. The maximum absolute atomic E-state index is 13.4. The molecule has 0 bridgehead atoms. The molecule has 0 N–H and O–H groups in total. The number of hydrogen-bond donors (Lipinski definition) is 0. The van der Waals surface area contributed by atoms with Crippen LogP contribution in [-0.2, 0) is 27.4 Å². The summed E-state index contributed by atoms with van der Waals surface area (Å²) in [5, 5.41) is 0. The third-order valence-corrected chi connectivity index (χ3v) is 7.69. The SMILES string of the molecule is CCCCCCCCC#Cc1ccc(CN(Cc2ccc(OCC(=O)OC)cc2)C(=O)CCC2CCCC2)cc1. The monoisotopic (exact) mass is 545 g/mol. The lowest BCUT2D eigenvalue weighted by atomic mass is 10.0. The van der Waals surface area contributed by atoms with Crippen molar-refractivity contribution in [3.8, 4) is 17.6 Å². The van der Waals surface area contributed by atoms with Crippen molar-refractivity contribution < 1.29 is 19.1 Å². The Balaban J connectivity index is 1.57. The molecule has 1 amide bonds. The number of methoxy groups -OCH3 is 1. The lowest BCUT2D eigenvalue weighted by Gasteiger charge is -2.24. The molecule has 2 aromatic rings. The van der Waals surface area contributed by atoms with Gasteiger partial charge in [0.1, 0.15) is 5.75 Å². The van der Waals surface area contributed by atoms with E-state index in [0.29, 0.717) is 31.2 Å². The summed E-state index contributed by atoms with van der Waals surface area (Å²) < 4.78 is 10.1. The largest absolute Gasteiger partial charge is 0.482 e. The van der Waals surface area contributed by atoms with Crippen molar-refractivity contribution in [1.82, 2.24) is 4.90 Å². The van der Waals surface area contributed by atoms with Crippen LogP contribution in [0.25, 0.3) is 0 Å². The number of benzene rings is 2. The number of rotatable bonds is 16. The van der Waals surface area contributed by atoms with Crippen molar-refractivity contribution >= 4 is 11.9 Å². The van der Waals surface area contributed by atoms with Gasteiger partial charge in [-0.2, -0.15) is 0 Å². The Morgan fingerprint density at radius 1 is 0.875 bits per heavy atom. The highest BCUT2D eigenvalue weighted by molar-refractivity contribution is 5.76. The molecule has 0 saturated heterocycles. The minimum atomic E-state index is -0.419. The number of nitrogens with zero attached hydrogens (tertiary/aromatic N) is 1. The quantitative estimate of drug-likeness (QED) is 0.122. The lowest BCUT2D eigenvalue weighted by Crippen LogP contribution is -2.30. The zero-order valence-corrected chi connectivity index (χ0v) is 24.6. The zero-order chi connectivity index (χ0) is 28.4. The number of hydrogen-bond acceptors (Lipinski definition) is 4. The fourth-order valence-electron chi connectivity index (χ4n) is 5.20. The smallest absolute Gasteiger partial charge is 0.343 e. The van der Waals surface area contributed by atoms with Crippen molar-refractivity contribution in [3.63, 3.8) is 0 Å². The summed E-state index contributed by atoms with van der Waals surface area (Å²) in [5.74, 6) is 7.68. The van der Waals surface area contributed by atoms with Crippen LogP contribution >= 0.6 is 0 Å². The predicted molar refractivity (Wildman–Crippen MR) is 161 cm³/mol. The fraction of sp³-hybridized carbons (Fsp3) is 0.543. The predicted octanol–water partition coefficient (Wildman–Crippen LogP) is 7.84. The molecule has 0 radical (unpaired) electrons. The lowest BCUT2D eigenvalue weighted by molar-refractivity contribution is -0.143. The Kier molecular flexibility index (Phi) is 14.2. The van der Waals surface area contributed by atoms with Crippen molar-refractivity contribution in [2.24, 2.45) is 5.92 Å². The standard InChI is InChI=1S/C35H47NO4/c1-3-4-5-6-7-8-9-10-13-30-16-18-31(19-17-30)26-36(34(37)25-22-29-14-11-12-15-29)27-32-20-23-33(24-21-32)40-28-35(38)39-2/h16-21,23-24,29H,3-9,11-12,14-15,22,25-28H2,1-2H3. The van der Waals surface area contributed by atoms with Crippen LogP contribution in [0.5, 0.6) is 5.75 Å². The average Bonchev–Trinajstić information content (AvgIpc) is 3.51. The topological polar surface area (TPSA) is 55.8 Å². The van der Waals surface area contributed by atoms with Crippen LogP contribution in [0.2, 0.25) is 0 Å². The van der Waals surface area contributed by atoms with Gasteiger partial charge in [0.2, 0.25) is 5.91 Å². The summed E-state index contributed by atoms with van der Waals surface area (Å²) >= 11 is 0. The maximum Gasteiger partial charge on any atom is 0.343 e. The Morgan fingerprint density at radius 3 is 2.15 bits per heavy atom. The van der Waals surface area contributed by atoms with Crippen LogP contribution in [0, 0.1) is 17.8 Å². The second-order valence-electron chi connectivity index (χ2n) is 11.0. The van der Waals surface area contributed by atoms with E-state index in [-0.39, 0.29) is 12.5 Å². The van der Waals surface area contributed by atoms with Gasteiger partial charge in [0.15, 0.2) is 6.61 Å². The van der Waals surface area contributed by atoms with Crippen molar-refractivity contribution in [1.29, 1.82) is 0 Å². The molecule has 0 unspecified atom stereocenters. The van der Waals surface area contributed by atoms with E-state index in [1.165, 1.54) is 71.3 Å². The van der Waals surface area contributed by atoms with E-state index in [1.807, 2.05) is 29.2 Å². The summed E-state index contributed by atoms with van der Waals surface area (Å²) in [6, 6.07) is 15.9. The third kappa shape index (κ3) is 11.9. The maximum atomic E-state index is 13.4. The summed E-state index contributed by atoms with van der Waals surface area (Å²) in [4.78, 5) is 26.7. The molecule has 1 saturated carbocycles. The summed E-state index contributed by atoms with van der Waals surface area (Å²) in [5.41, 5.74) is 3.15. The highest BCUT2D eigenvalue weighted by atomic mass is 16.6. The second kappa shape index (κ2) is 18.2. The normalized spacial score (nSPS) is 12.9. The van der Waals surface area contributed by atoms with Crippen molar-refractivity contribution in [2.45, 2.75) is 103 Å². The first kappa shape index (κ1) is 31.3. The van der Waals surface area contributed by atoms with Gasteiger partial charge in [-0.05, 0) is 54.2 Å². The number of amides is 1. The van der Waals surface area contributed by atoms with Gasteiger partial charge in [-0.25, -0.2) is 4.79 Å². The van der Waals surface area contributed by atoms with Gasteiger partial charge in [0.25, 0.3) is 0 Å². The molecule has 5 nitrogen and oxygen atoms in total. The highest BCUT2D eigenvalue weighted by Crippen LogP contribution is 2.29. The van der Waals surface area contributed by atoms with Crippen molar-refractivity contribution in [3.05, 3.63) is 65.2 Å². The van der Waals surface area contributed by atoms with Gasteiger partial charge in [0, 0.05) is 31.5 Å². The van der Waals surface area contributed by atoms with E-state index in [0.717, 1.165) is 29.5 Å². The van der Waals surface area contributed by atoms with Gasteiger partial charge in [-0.15, -0.1) is 0 Å². The molecular formula is C35H47NO4. The Bertz CT molecular complexity index is 1080. The van der Waals surface area contributed by atoms with Gasteiger partial charge in [-0.1, -0.05) is 101 Å². The molecule has 0 aliphatic heterocycles. The zero-order valence-electron chi connectivity index (χ0n) is 24.6. The molecule has 1 aliphatic rings. The fourth-order valence-corrected chi connectivity index (χ4v) is 5.20. The van der Waals surface area contributed by atoms with Crippen LogP contribution in [-0.4, -0.2) is 30.5 Å². The molecule has 2 aromatic carbocycles. The Hall–Kier alpha value is -3.26. The third-order valence-electron chi connectivity index (χ3n) is 7.69. The minimum absolute atomic E-state index is 0.124. The molecule has 1 fully saturated rings. The van der Waals surface area contributed by atoms with Crippen LogP contribution in [0.4, 0.5) is 0 Å². The molecule has 40 heavy (non-hydrogen) atoms. The average molecular weight is 546 g/mol. The van der Waals surface area contributed by atoms with Crippen LogP contribution < -0.4 is 4.74 Å². The summed E-state index contributed by atoms with van der Waals surface area (Å²) in [7, 11) is 1.34. The minimum Gasteiger partial charge on any atom is -0.482 e. The van der Waals surface area contributed by atoms with E-state index >= 15 is 0 Å². The number of unbranched alkanes of at least 4 members (excludes halogenated alkanes) is 6. The molecule has 3 rings (SSSR count). The van der Waals surface area contributed by atoms with Gasteiger partial charge < -0.3 is 14.4 Å². The number of carbonyl (C=O) groups excluding carboxylic acids is 2. The van der Waals surface area contributed by atoms with Crippen LogP contribution in [0.1, 0.15) is 107 Å². The van der Waals surface area contributed by atoms with Crippen LogP contribution in [0.3, 0.4) is 0 Å². The number of esters is 1. The molecule has 1 aliphatic carbocycles. The van der Waals surface area contributed by atoms with E-state index in [2.05, 4.69) is 47.8 Å². The van der Waals surface area contributed by atoms with E-state index in [4.69, 9.17) is 4.74 Å². The molecule has 0 aromatic heterocycles. The highest BCUT2D eigenvalue weighted by Gasteiger charge is 2.20. The number of ether oxygens (including phenoxy) is 2. The first-order valence-electron chi connectivity index (χ1n) is 15.2. The van der Waals surface area contributed by atoms with Gasteiger partial charge >= 0.3 is 5.97 Å². The second-order valence-corrected chi connectivity index (χ2v) is 11.0. The van der Waals surface area contributed by atoms with Crippen LogP contribution in [0.15, 0.2) is 48.5 Å². The van der Waals surface area contributed by atoms with Gasteiger partial charge in [0.05, 0.1) is 7.11 Å². The Morgan fingerprint density at radius 2 is 1.50 bits per heavy atom. The molecule has 216 valence electrons. The van der Waals surface area contributed by atoms with E-state index in [1.54, 1.807) is 0 Å². The molecule has 0 spiro atoms. The van der Waals surface area contributed by atoms with Crippen molar-refractivity contribution in [2.75, 3.05) is 13.7 Å². The molecular weight excluding hydrogens is 498 g/mol. The van der Waals surface area contributed by atoms with E-state index < -0.39 is 5.97 Å². The summed E-state index contributed by atoms with van der Waals surface area (Å²) in [6.45, 7) is 3.21. The Labute approximate surface area is 241 Å². The van der Waals surface area contributed by atoms with Gasteiger partial charge in [-0.3, -0.25) is 4.79 Å². The molecule has 5 heteroatoms. The molecule has 0 heterocycles.